The van der Waals surface area contributed by atoms with E-state index in [1.54, 1.807) is 18.4 Å². The van der Waals surface area contributed by atoms with Crippen LogP contribution in [0.4, 0.5) is 5.13 Å². The van der Waals surface area contributed by atoms with Crippen molar-refractivity contribution in [3.63, 3.8) is 0 Å². The van der Waals surface area contributed by atoms with Gasteiger partial charge in [0.05, 0.1) is 30.4 Å². The molecule has 27 heavy (non-hydrogen) atoms. The summed E-state index contributed by atoms with van der Waals surface area (Å²) in [6, 6.07) is 14.5. The van der Waals surface area contributed by atoms with Gasteiger partial charge in [0.1, 0.15) is 5.75 Å². The Morgan fingerprint density at radius 1 is 1.15 bits per heavy atom. The van der Waals surface area contributed by atoms with Crippen molar-refractivity contribution in [2.24, 2.45) is 0 Å². The van der Waals surface area contributed by atoms with Crippen LogP contribution in [0.15, 0.2) is 54.0 Å². The summed E-state index contributed by atoms with van der Waals surface area (Å²) < 4.78 is 5.36. The number of aromatic nitrogens is 3. The number of benzene rings is 2. The number of ether oxygens (including phenoxy) is 1. The lowest BCUT2D eigenvalue weighted by atomic mass is 10.1. The van der Waals surface area contributed by atoms with Crippen LogP contribution in [0.25, 0.3) is 10.9 Å². The molecule has 0 aliphatic carbocycles. The molecule has 0 aliphatic rings. The first-order valence-electron chi connectivity index (χ1n) is 8.55. The highest BCUT2D eigenvalue weighted by Crippen LogP contribution is 2.27. The van der Waals surface area contributed by atoms with Crippen LogP contribution < -0.4 is 9.64 Å². The lowest BCUT2D eigenvalue weighted by molar-refractivity contribution is 0.414. The van der Waals surface area contributed by atoms with Crippen molar-refractivity contribution in [1.29, 1.82) is 0 Å². The highest BCUT2D eigenvalue weighted by Gasteiger charge is 2.14. The average molecular weight is 399 g/mol. The number of hydrogen-bond donors (Lipinski definition) is 1. The molecule has 7 heteroatoms. The molecule has 0 radical (unpaired) electrons. The predicted octanol–water partition coefficient (Wildman–Crippen LogP) is 4.97. The highest BCUT2D eigenvalue weighted by molar-refractivity contribution is 7.13. The molecule has 2 heterocycles. The van der Waals surface area contributed by atoms with E-state index in [1.165, 1.54) is 11.1 Å². The Morgan fingerprint density at radius 2 is 2.00 bits per heavy atom. The van der Waals surface area contributed by atoms with Gasteiger partial charge in [-0.05, 0) is 35.4 Å². The zero-order valence-electron chi connectivity index (χ0n) is 14.9. The Hall–Kier alpha value is -2.57. The number of anilines is 1. The van der Waals surface area contributed by atoms with Gasteiger partial charge in [-0.1, -0.05) is 18.2 Å². The number of alkyl halides is 1. The predicted molar refractivity (Wildman–Crippen MR) is 111 cm³/mol. The van der Waals surface area contributed by atoms with Crippen LogP contribution in [0.1, 0.15) is 16.8 Å². The summed E-state index contributed by atoms with van der Waals surface area (Å²) in [5.41, 5.74) is 4.31. The summed E-state index contributed by atoms with van der Waals surface area (Å²) in [4.78, 5) is 6.94. The quantitative estimate of drug-likeness (QED) is 0.446. The SMILES string of the molecule is COc1cccc(CN(Cc2ccc3[nH]ncc3c2)c2nc(CCl)cs2)c1. The molecule has 0 unspecified atom stereocenters. The number of hydrogen-bond acceptors (Lipinski definition) is 5. The van der Waals surface area contributed by atoms with Crippen molar-refractivity contribution in [2.75, 3.05) is 12.0 Å². The normalized spacial score (nSPS) is 11.0. The second-order valence-corrected chi connectivity index (χ2v) is 7.36. The van der Waals surface area contributed by atoms with E-state index in [9.17, 15) is 0 Å². The van der Waals surface area contributed by atoms with E-state index in [2.05, 4.69) is 50.4 Å². The molecule has 1 N–H and O–H groups in total. The Bertz CT molecular complexity index is 1050. The van der Waals surface area contributed by atoms with Gasteiger partial charge in [-0.15, -0.1) is 22.9 Å². The first kappa shape index (κ1) is 17.8. The van der Waals surface area contributed by atoms with Crippen molar-refractivity contribution < 1.29 is 4.74 Å². The lowest BCUT2D eigenvalue weighted by Crippen LogP contribution is -2.22. The number of nitrogens with one attached hydrogen (secondary N) is 1. The monoisotopic (exact) mass is 398 g/mol. The van der Waals surface area contributed by atoms with Gasteiger partial charge < -0.3 is 9.64 Å². The standard InChI is InChI=1S/C20H19ClN4OS/c1-26-18-4-2-3-14(8-18)11-25(20-23-17(9-21)13-27-20)12-15-5-6-19-16(7-15)10-22-24-19/h2-8,10,13H,9,11-12H2,1H3,(H,22,24). The van der Waals surface area contributed by atoms with Crippen LogP contribution in [-0.2, 0) is 19.0 Å². The zero-order valence-corrected chi connectivity index (χ0v) is 16.4. The Balaban J connectivity index is 1.63. The largest absolute Gasteiger partial charge is 0.497 e. The summed E-state index contributed by atoms with van der Waals surface area (Å²) in [7, 11) is 1.69. The van der Waals surface area contributed by atoms with Crippen molar-refractivity contribution in [3.05, 3.63) is 70.9 Å². The highest BCUT2D eigenvalue weighted by atomic mass is 35.5. The fourth-order valence-electron chi connectivity index (χ4n) is 3.00. The molecule has 2 aromatic carbocycles. The molecule has 4 aromatic rings. The third-order valence-corrected chi connectivity index (χ3v) is 5.56. The first-order valence-corrected chi connectivity index (χ1v) is 9.97. The van der Waals surface area contributed by atoms with Gasteiger partial charge in [0.2, 0.25) is 0 Å². The van der Waals surface area contributed by atoms with E-state index in [0.717, 1.165) is 40.6 Å². The summed E-state index contributed by atoms with van der Waals surface area (Å²) in [6.07, 6.45) is 1.85. The Labute approximate surface area is 166 Å². The number of rotatable bonds is 7. The molecule has 0 saturated carbocycles. The number of halogens is 1. The van der Waals surface area contributed by atoms with Gasteiger partial charge in [-0.3, -0.25) is 5.10 Å². The minimum Gasteiger partial charge on any atom is -0.497 e. The van der Waals surface area contributed by atoms with E-state index in [4.69, 9.17) is 16.3 Å². The van der Waals surface area contributed by atoms with Crippen molar-refractivity contribution in [1.82, 2.24) is 15.2 Å². The van der Waals surface area contributed by atoms with E-state index < -0.39 is 0 Å². The van der Waals surface area contributed by atoms with Gasteiger partial charge >= 0.3 is 0 Å². The van der Waals surface area contributed by atoms with E-state index in [1.807, 2.05) is 23.7 Å². The number of methoxy groups -OCH3 is 1. The molecule has 0 saturated heterocycles. The number of fused-ring (bicyclic) bond motifs is 1. The van der Waals surface area contributed by atoms with Crippen LogP contribution >= 0.6 is 22.9 Å². The minimum atomic E-state index is 0.421. The van der Waals surface area contributed by atoms with E-state index >= 15 is 0 Å². The molecule has 0 amide bonds. The van der Waals surface area contributed by atoms with E-state index in [-0.39, 0.29) is 0 Å². The topological polar surface area (TPSA) is 54.0 Å². The molecule has 2 aromatic heterocycles. The summed E-state index contributed by atoms with van der Waals surface area (Å²) in [5.74, 6) is 1.28. The number of nitrogens with zero attached hydrogens (tertiary/aromatic N) is 3. The number of thiazole rings is 1. The summed E-state index contributed by atoms with van der Waals surface area (Å²) in [6.45, 7) is 1.48. The smallest absolute Gasteiger partial charge is 0.186 e. The zero-order chi connectivity index (χ0) is 18.6. The molecule has 0 spiro atoms. The Kier molecular flexibility index (Phi) is 5.27. The second-order valence-electron chi connectivity index (χ2n) is 6.25. The minimum absolute atomic E-state index is 0.421. The summed E-state index contributed by atoms with van der Waals surface area (Å²) in [5, 5.41) is 11.2. The maximum atomic E-state index is 5.96. The fraction of sp³-hybridized carbons (Fsp3) is 0.200. The molecular weight excluding hydrogens is 380 g/mol. The van der Waals surface area contributed by atoms with Gasteiger partial charge in [0, 0.05) is 23.9 Å². The first-order chi connectivity index (χ1) is 13.2. The maximum absolute atomic E-state index is 5.96. The van der Waals surface area contributed by atoms with Crippen molar-refractivity contribution in [2.45, 2.75) is 19.0 Å². The van der Waals surface area contributed by atoms with Gasteiger partial charge in [-0.25, -0.2) is 4.98 Å². The van der Waals surface area contributed by atoms with Gasteiger partial charge in [0.15, 0.2) is 5.13 Å². The van der Waals surface area contributed by atoms with Crippen LogP contribution in [0, 0.1) is 0 Å². The molecule has 0 bridgehead atoms. The molecule has 0 atom stereocenters. The third kappa shape index (κ3) is 4.07. The third-order valence-electron chi connectivity index (χ3n) is 4.33. The van der Waals surface area contributed by atoms with Crippen LogP contribution in [0.5, 0.6) is 5.75 Å². The molecule has 0 fully saturated rings. The van der Waals surface area contributed by atoms with Crippen LogP contribution in [-0.4, -0.2) is 22.3 Å². The Morgan fingerprint density at radius 3 is 2.78 bits per heavy atom. The molecule has 5 nitrogen and oxygen atoms in total. The van der Waals surface area contributed by atoms with Crippen molar-refractivity contribution >= 4 is 39.0 Å². The van der Waals surface area contributed by atoms with Crippen molar-refractivity contribution in [3.8, 4) is 5.75 Å². The average Bonchev–Trinajstić information content (AvgIpc) is 3.36. The molecule has 4 rings (SSSR count). The second kappa shape index (κ2) is 7.98. The maximum Gasteiger partial charge on any atom is 0.186 e. The lowest BCUT2D eigenvalue weighted by Gasteiger charge is -2.22. The van der Waals surface area contributed by atoms with Crippen LogP contribution in [0.3, 0.4) is 0 Å². The van der Waals surface area contributed by atoms with Gasteiger partial charge in [0.25, 0.3) is 0 Å². The van der Waals surface area contributed by atoms with Gasteiger partial charge in [-0.2, -0.15) is 5.10 Å². The number of H-pyrrole nitrogens is 1. The number of aromatic amines is 1. The molecule has 0 aliphatic heterocycles. The van der Waals surface area contributed by atoms with E-state index in [0.29, 0.717) is 5.88 Å². The fourth-order valence-corrected chi connectivity index (χ4v) is 4.05. The molecule has 138 valence electrons. The molecular formula is C20H19ClN4OS. The van der Waals surface area contributed by atoms with Crippen LogP contribution in [0.2, 0.25) is 0 Å². The summed E-state index contributed by atoms with van der Waals surface area (Å²) >= 11 is 7.57.